The normalized spacial score (nSPS) is 23.5. The molecule has 0 spiro atoms. The number of benzene rings is 2. The first-order chi connectivity index (χ1) is 22.7. The van der Waals surface area contributed by atoms with Crippen molar-refractivity contribution in [2.75, 3.05) is 33.4 Å². The number of nitrogens with zero attached hydrogens (tertiary/aromatic N) is 2. The lowest BCUT2D eigenvalue weighted by Crippen LogP contribution is -2.47. The summed E-state index contributed by atoms with van der Waals surface area (Å²) in [5.74, 6) is -1.88. The molecule has 0 bridgehead atoms. The second-order valence-electron chi connectivity index (χ2n) is 13.8. The van der Waals surface area contributed by atoms with Gasteiger partial charge in [-0.05, 0) is 97.9 Å². The van der Waals surface area contributed by atoms with Crippen LogP contribution in [0.15, 0.2) is 59.2 Å². The zero-order valence-corrected chi connectivity index (χ0v) is 28.5. The van der Waals surface area contributed by atoms with Crippen LogP contribution in [0, 0.1) is 31.6 Å². The fraction of sp³-hybridized carbons (Fsp3) is 0.538. The Hall–Kier alpha value is -3.30. The molecule has 2 heterocycles. The van der Waals surface area contributed by atoms with E-state index < -0.39 is 23.9 Å². The molecule has 4 atom stereocenters. The molecule has 254 valence electrons. The number of ether oxygens (including phenoxy) is 1. The number of aliphatic hydroxyl groups excluding tert-OH is 2. The monoisotopic (exact) mass is 644 g/mol. The number of phenolic OH excluding ortho intramolecular Hbond substituents is 1. The highest BCUT2D eigenvalue weighted by Crippen LogP contribution is 2.47. The Balaban J connectivity index is 1.31. The minimum absolute atomic E-state index is 0.144. The van der Waals surface area contributed by atoms with E-state index in [1.165, 1.54) is 16.0 Å². The molecule has 2 amide bonds. The maximum atomic E-state index is 14.1. The Bertz CT molecular complexity index is 1450. The minimum atomic E-state index is -0.875. The maximum absolute atomic E-state index is 14.1. The van der Waals surface area contributed by atoms with Crippen molar-refractivity contribution in [1.82, 2.24) is 9.80 Å². The van der Waals surface area contributed by atoms with Gasteiger partial charge in [-0.3, -0.25) is 19.4 Å². The van der Waals surface area contributed by atoms with Crippen LogP contribution in [0.3, 0.4) is 0 Å². The van der Waals surface area contributed by atoms with E-state index in [-0.39, 0.29) is 31.1 Å². The summed E-state index contributed by atoms with van der Waals surface area (Å²) >= 11 is 0. The van der Waals surface area contributed by atoms with E-state index in [1.807, 2.05) is 44.2 Å². The third-order valence-corrected chi connectivity index (χ3v) is 10.5. The van der Waals surface area contributed by atoms with E-state index in [0.29, 0.717) is 30.6 Å². The molecule has 0 saturated carbocycles. The topological polar surface area (TPSA) is 111 Å². The molecule has 2 fully saturated rings. The van der Waals surface area contributed by atoms with Gasteiger partial charge in [0.25, 0.3) is 0 Å². The number of amides is 2. The van der Waals surface area contributed by atoms with E-state index in [2.05, 4.69) is 30.0 Å². The molecule has 5 rings (SSSR count). The van der Waals surface area contributed by atoms with Crippen LogP contribution < -0.4 is 0 Å². The van der Waals surface area contributed by atoms with Gasteiger partial charge < -0.3 is 20.1 Å². The van der Waals surface area contributed by atoms with Crippen LogP contribution in [0.25, 0.3) is 6.08 Å². The summed E-state index contributed by atoms with van der Waals surface area (Å²) in [6.45, 7) is 8.31. The summed E-state index contributed by atoms with van der Waals surface area (Å²) < 4.78 is 5.55. The Morgan fingerprint density at radius 2 is 1.72 bits per heavy atom. The van der Waals surface area contributed by atoms with Gasteiger partial charge in [-0.2, -0.15) is 0 Å². The number of likely N-dealkylation sites (tertiary alicyclic amines) is 2. The molecule has 3 N–H and O–H groups in total. The zero-order valence-electron chi connectivity index (χ0n) is 28.5. The lowest BCUT2D eigenvalue weighted by atomic mass is 9.68. The number of imide groups is 1. The second-order valence-corrected chi connectivity index (χ2v) is 13.8. The largest absolute Gasteiger partial charge is 0.507 e. The van der Waals surface area contributed by atoms with Crippen LogP contribution in [0.2, 0.25) is 0 Å². The number of rotatable bonds is 13. The van der Waals surface area contributed by atoms with Gasteiger partial charge >= 0.3 is 0 Å². The highest BCUT2D eigenvalue weighted by Gasteiger charge is 2.56. The van der Waals surface area contributed by atoms with Crippen molar-refractivity contribution in [3.05, 3.63) is 81.4 Å². The van der Waals surface area contributed by atoms with Crippen molar-refractivity contribution in [3.8, 4) is 5.75 Å². The first-order valence-electron chi connectivity index (χ1n) is 17.3. The number of carbonyl (C=O) groups excluding carboxylic acids is 2. The molecule has 2 aliphatic heterocycles. The highest BCUT2D eigenvalue weighted by molar-refractivity contribution is 6.06. The molecule has 3 aliphatic rings. The second kappa shape index (κ2) is 15.7. The van der Waals surface area contributed by atoms with Crippen LogP contribution >= 0.6 is 0 Å². The van der Waals surface area contributed by atoms with Gasteiger partial charge in [0.15, 0.2) is 0 Å². The molecule has 2 saturated heterocycles. The summed E-state index contributed by atoms with van der Waals surface area (Å²) in [6, 6.07) is 14.1. The zero-order chi connectivity index (χ0) is 33.7. The number of hydrogen-bond donors (Lipinski definition) is 3. The average Bonchev–Trinajstić information content (AvgIpc) is 3.31. The molecule has 0 radical (unpaired) electrons. The number of methoxy groups -OCH3 is 1. The number of aryl methyl sites for hydroxylation is 2. The average molecular weight is 645 g/mol. The van der Waals surface area contributed by atoms with Crippen LogP contribution in [0.5, 0.6) is 5.75 Å². The van der Waals surface area contributed by atoms with Crippen molar-refractivity contribution < 1.29 is 29.6 Å². The number of allylic oxidation sites excluding steroid dienone is 1. The fourth-order valence-corrected chi connectivity index (χ4v) is 8.20. The molecular weight excluding hydrogens is 592 g/mol. The van der Waals surface area contributed by atoms with Gasteiger partial charge in [-0.25, -0.2) is 0 Å². The Kier molecular flexibility index (Phi) is 11.7. The number of carbonyl (C=O) groups is 2. The van der Waals surface area contributed by atoms with E-state index >= 15 is 0 Å². The van der Waals surface area contributed by atoms with Crippen molar-refractivity contribution >= 4 is 17.9 Å². The van der Waals surface area contributed by atoms with Gasteiger partial charge in [-0.1, -0.05) is 55.3 Å². The lowest BCUT2D eigenvalue weighted by molar-refractivity contribution is -0.144. The number of phenols is 1. The van der Waals surface area contributed by atoms with E-state index in [9.17, 15) is 24.9 Å². The molecule has 0 unspecified atom stereocenters. The summed E-state index contributed by atoms with van der Waals surface area (Å²) in [6.07, 6.45) is 5.99. The maximum Gasteiger partial charge on any atom is 0.234 e. The summed E-state index contributed by atoms with van der Waals surface area (Å²) in [7, 11) is 1.60. The summed E-state index contributed by atoms with van der Waals surface area (Å²) in [5, 5.41) is 32.7. The van der Waals surface area contributed by atoms with E-state index in [0.717, 1.165) is 67.6 Å². The van der Waals surface area contributed by atoms with Gasteiger partial charge in [-0.15, -0.1) is 0 Å². The van der Waals surface area contributed by atoms with Crippen molar-refractivity contribution in [2.24, 2.45) is 17.8 Å². The first kappa shape index (κ1) is 35.0. The Morgan fingerprint density at radius 1 is 1.04 bits per heavy atom. The third-order valence-electron chi connectivity index (χ3n) is 10.5. The van der Waals surface area contributed by atoms with Crippen LogP contribution in [0.4, 0.5) is 0 Å². The molecule has 47 heavy (non-hydrogen) atoms. The highest BCUT2D eigenvalue weighted by atomic mass is 16.5. The SMILES string of the molecule is CCC/C(=C\c1cc(C)c(O)c(C)c1)CC[C@@H](O)C1=C(COC)C[C@H]2C(=O)N(C3CCN(Cc4ccccc4)CC3)C(=O)[C@H]2[C@H]1CO. The molecule has 2 aromatic rings. The van der Waals surface area contributed by atoms with E-state index in [1.54, 1.807) is 7.11 Å². The van der Waals surface area contributed by atoms with Gasteiger partial charge in [0.05, 0.1) is 31.2 Å². The molecule has 1 aliphatic carbocycles. The van der Waals surface area contributed by atoms with Crippen LogP contribution in [-0.2, 0) is 20.9 Å². The number of piperidine rings is 1. The molecule has 8 nitrogen and oxygen atoms in total. The molecular formula is C39H52N2O6. The summed E-state index contributed by atoms with van der Waals surface area (Å²) in [5.41, 5.74) is 6.61. The predicted octanol–water partition coefficient (Wildman–Crippen LogP) is 5.55. The van der Waals surface area contributed by atoms with Crippen LogP contribution in [-0.4, -0.2) is 82.5 Å². The molecule has 8 heteroatoms. The lowest BCUT2D eigenvalue weighted by Gasteiger charge is -2.37. The number of aromatic hydroxyl groups is 1. The standard InChI is InChI=1S/C39H52N2O6/c1-5-9-27(20-29-18-25(2)37(44)26(3)19-29)12-13-34(43)35-30(24-47-4)21-32-36(33(35)23-42)39(46)41(38(32)45)31-14-16-40(17-15-31)22-28-10-7-6-8-11-28/h6-8,10-11,18-20,31-34,36,42-44H,5,9,12-17,21-24H2,1-4H3/b27-20+/t32-,33+,34-,36-/m1/s1. The number of fused-ring (bicyclic) bond motifs is 1. The Morgan fingerprint density at radius 3 is 2.34 bits per heavy atom. The van der Waals surface area contributed by atoms with Crippen molar-refractivity contribution in [3.63, 3.8) is 0 Å². The third kappa shape index (κ3) is 7.72. The van der Waals surface area contributed by atoms with Gasteiger partial charge in [0.1, 0.15) is 5.75 Å². The van der Waals surface area contributed by atoms with Gasteiger partial charge in [0, 0.05) is 38.7 Å². The van der Waals surface area contributed by atoms with Crippen molar-refractivity contribution in [1.29, 1.82) is 0 Å². The quantitative estimate of drug-likeness (QED) is 0.194. The van der Waals surface area contributed by atoms with E-state index in [4.69, 9.17) is 4.74 Å². The van der Waals surface area contributed by atoms with Gasteiger partial charge in [0.2, 0.25) is 11.8 Å². The molecule has 0 aromatic heterocycles. The fourth-order valence-electron chi connectivity index (χ4n) is 8.20. The minimum Gasteiger partial charge on any atom is -0.507 e. The van der Waals surface area contributed by atoms with Crippen molar-refractivity contribution in [2.45, 2.75) is 84.4 Å². The summed E-state index contributed by atoms with van der Waals surface area (Å²) in [4.78, 5) is 31.9. The number of aliphatic hydroxyl groups is 2. The van der Waals surface area contributed by atoms with Crippen LogP contribution in [0.1, 0.15) is 74.1 Å². The number of hydrogen-bond acceptors (Lipinski definition) is 7. The predicted molar refractivity (Wildman–Crippen MR) is 183 cm³/mol. The smallest absolute Gasteiger partial charge is 0.234 e. The first-order valence-corrected chi connectivity index (χ1v) is 17.3. The molecule has 2 aromatic carbocycles. The Labute approximate surface area is 279 Å².